The first-order valence-corrected chi connectivity index (χ1v) is 15.9. The third-order valence-corrected chi connectivity index (χ3v) is 14.4. The fourth-order valence-corrected chi connectivity index (χ4v) is 11.9. The Bertz CT molecular complexity index is 990. The zero-order chi connectivity index (χ0) is 26.6. The van der Waals surface area contributed by atoms with Gasteiger partial charge in [-0.1, -0.05) is 60.1 Å². The van der Waals surface area contributed by atoms with Crippen LogP contribution in [0.4, 0.5) is 0 Å². The van der Waals surface area contributed by atoms with Gasteiger partial charge in [-0.05, 0) is 122 Å². The lowest BCUT2D eigenvalue weighted by Gasteiger charge is -2.71. The number of amides is 1. The van der Waals surface area contributed by atoms with E-state index in [1.807, 2.05) is 0 Å². The molecule has 5 fully saturated rings. The second-order valence-electron chi connectivity index (χ2n) is 16.7. The quantitative estimate of drug-likeness (QED) is 0.367. The van der Waals surface area contributed by atoms with Gasteiger partial charge >= 0.3 is 0 Å². The van der Waals surface area contributed by atoms with Gasteiger partial charge in [-0.25, -0.2) is 0 Å². The van der Waals surface area contributed by atoms with Gasteiger partial charge in [0, 0.05) is 13.1 Å². The van der Waals surface area contributed by atoms with Crippen molar-refractivity contribution >= 4 is 5.91 Å². The van der Waals surface area contributed by atoms with Crippen molar-refractivity contribution in [3.63, 3.8) is 0 Å². The second-order valence-corrected chi connectivity index (χ2v) is 16.7. The molecule has 6 rings (SSSR count). The largest absolute Gasteiger partial charge is 0.393 e. The maximum Gasteiger partial charge on any atom is 0.229 e. The Morgan fingerprint density at radius 3 is 2.24 bits per heavy atom. The van der Waals surface area contributed by atoms with Crippen LogP contribution in [0, 0.1) is 50.2 Å². The van der Waals surface area contributed by atoms with E-state index in [9.17, 15) is 9.90 Å². The second kappa shape index (κ2) is 8.11. The van der Waals surface area contributed by atoms with Crippen LogP contribution in [0.3, 0.4) is 0 Å². The minimum Gasteiger partial charge on any atom is -0.393 e. The van der Waals surface area contributed by atoms with Crippen LogP contribution in [0.1, 0.15) is 126 Å². The summed E-state index contributed by atoms with van der Waals surface area (Å²) < 4.78 is 0. The monoisotopic (exact) mass is 509 g/mol. The number of aliphatic hydroxyl groups excluding tert-OH is 1. The normalized spacial score (nSPS) is 50.3. The van der Waals surface area contributed by atoms with E-state index in [-0.39, 0.29) is 33.2 Å². The highest BCUT2D eigenvalue weighted by Gasteiger charge is 2.69. The molecule has 0 radical (unpaired) electrons. The number of carbonyl (C=O) groups is 1. The van der Waals surface area contributed by atoms with Crippen molar-refractivity contribution in [1.29, 1.82) is 0 Å². The maximum absolute atomic E-state index is 14.3. The number of rotatable bonds is 1. The average molecular weight is 510 g/mol. The third kappa shape index (κ3) is 3.37. The number of aliphatic hydroxyl groups is 1. The Balaban J connectivity index is 1.42. The van der Waals surface area contributed by atoms with E-state index >= 15 is 0 Å². The average Bonchev–Trinajstić information content (AvgIpc) is 3.36. The van der Waals surface area contributed by atoms with Gasteiger partial charge in [0.2, 0.25) is 5.91 Å². The fraction of sp³-hybridized carbons (Fsp3) is 0.912. The lowest BCUT2D eigenvalue weighted by Crippen LogP contribution is -2.65. The molecule has 3 heteroatoms. The molecule has 3 nitrogen and oxygen atoms in total. The first-order valence-electron chi connectivity index (χ1n) is 15.9. The molecule has 8 atom stereocenters. The van der Waals surface area contributed by atoms with Crippen molar-refractivity contribution < 1.29 is 9.90 Å². The van der Waals surface area contributed by atoms with Crippen LogP contribution in [-0.2, 0) is 4.79 Å². The Labute approximate surface area is 227 Å². The van der Waals surface area contributed by atoms with E-state index in [1.165, 1.54) is 51.4 Å². The Morgan fingerprint density at radius 2 is 1.54 bits per heavy atom. The molecule has 1 amide bonds. The molecule has 0 aromatic rings. The van der Waals surface area contributed by atoms with Gasteiger partial charge in [-0.15, -0.1) is 0 Å². The van der Waals surface area contributed by atoms with Crippen LogP contribution in [0.15, 0.2) is 11.6 Å². The Hall–Kier alpha value is -0.830. The molecule has 37 heavy (non-hydrogen) atoms. The van der Waals surface area contributed by atoms with E-state index in [0.717, 1.165) is 38.8 Å². The summed E-state index contributed by atoms with van der Waals surface area (Å²) in [6.07, 6.45) is 16.4. The summed E-state index contributed by atoms with van der Waals surface area (Å²) in [6.45, 7) is 19.5. The minimum atomic E-state index is -0.170. The lowest BCUT2D eigenvalue weighted by molar-refractivity contribution is -0.204. The molecule has 1 heterocycles. The summed E-state index contributed by atoms with van der Waals surface area (Å²) in [5, 5.41) is 11.0. The summed E-state index contributed by atoms with van der Waals surface area (Å²) in [5.41, 5.74) is 2.57. The summed E-state index contributed by atoms with van der Waals surface area (Å²) in [5.74, 6) is 2.18. The maximum atomic E-state index is 14.3. The molecule has 0 aromatic heterocycles. The molecule has 0 unspecified atom stereocenters. The standard InChI is InChI=1S/C34H55NO2/c1-29(2)16-18-34(28(37)35-20-8-9-21-35)19-17-32(6)23(24(34)22-29)10-11-26-31(5)14-13-27(36)30(3,4)25(31)12-15-33(26,32)7/h10,24-27,36H,8-9,11-22H2,1-7H3/t24-,25-,26+,27-,31-,32+,33+,34-/m0/s1. The van der Waals surface area contributed by atoms with Gasteiger partial charge in [0.1, 0.15) is 0 Å². The van der Waals surface area contributed by atoms with Crippen LogP contribution in [0.5, 0.6) is 0 Å². The minimum absolute atomic E-state index is 0.00349. The van der Waals surface area contributed by atoms with Crippen molar-refractivity contribution in [2.75, 3.05) is 13.1 Å². The van der Waals surface area contributed by atoms with Gasteiger partial charge in [0.15, 0.2) is 0 Å². The summed E-state index contributed by atoms with van der Waals surface area (Å²) in [6, 6.07) is 0. The summed E-state index contributed by atoms with van der Waals surface area (Å²) >= 11 is 0. The smallest absolute Gasteiger partial charge is 0.229 e. The molecule has 1 aliphatic heterocycles. The Morgan fingerprint density at radius 1 is 0.865 bits per heavy atom. The molecular weight excluding hydrogens is 454 g/mol. The molecule has 5 aliphatic carbocycles. The van der Waals surface area contributed by atoms with E-state index in [0.29, 0.717) is 29.1 Å². The number of hydrogen-bond acceptors (Lipinski definition) is 2. The van der Waals surface area contributed by atoms with E-state index in [2.05, 4.69) is 59.4 Å². The van der Waals surface area contributed by atoms with Crippen LogP contribution in [0.25, 0.3) is 0 Å². The zero-order valence-electron chi connectivity index (χ0n) is 25.1. The topological polar surface area (TPSA) is 40.5 Å². The summed E-state index contributed by atoms with van der Waals surface area (Å²) in [4.78, 5) is 16.6. The highest BCUT2D eigenvalue weighted by molar-refractivity contribution is 5.84. The zero-order valence-corrected chi connectivity index (χ0v) is 25.1. The van der Waals surface area contributed by atoms with Gasteiger partial charge in [0.25, 0.3) is 0 Å². The number of carbonyl (C=O) groups excluding carboxylic acids is 1. The van der Waals surface area contributed by atoms with Crippen molar-refractivity contribution in [2.45, 2.75) is 132 Å². The molecule has 6 aliphatic rings. The third-order valence-electron chi connectivity index (χ3n) is 14.4. The van der Waals surface area contributed by atoms with Gasteiger partial charge < -0.3 is 10.0 Å². The molecule has 1 N–H and O–H groups in total. The van der Waals surface area contributed by atoms with Crippen molar-refractivity contribution in [3.8, 4) is 0 Å². The molecule has 0 bridgehead atoms. The molecule has 0 aromatic carbocycles. The first-order chi connectivity index (χ1) is 17.2. The molecule has 0 spiro atoms. The van der Waals surface area contributed by atoms with E-state index in [1.54, 1.807) is 5.57 Å². The lowest BCUT2D eigenvalue weighted by atomic mass is 9.33. The van der Waals surface area contributed by atoms with Crippen molar-refractivity contribution in [3.05, 3.63) is 11.6 Å². The number of fused-ring (bicyclic) bond motifs is 7. The predicted molar refractivity (Wildman–Crippen MR) is 151 cm³/mol. The number of hydrogen-bond donors (Lipinski definition) is 1. The first kappa shape index (κ1) is 26.4. The van der Waals surface area contributed by atoms with E-state index in [4.69, 9.17) is 0 Å². The Kier molecular flexibility index (Phi) is 5.78. The molecule has 1 saturated heterocycles. The van der Waals surface area contributed by atoms with E-state index < -0.39 is 0 Å². The van der Waals surface area contributed by atoms with Gasteiger partial charge in [0.05, 0.1) is 11.5 Å². The number of nitrogens with zero attached hydrogens (tertiary/aromatic N) is 1. The molecular formula is C34H55NO2. The summed E-state index contributed by atoms with van der Waals surface area (Å²) in [7, 11) is 0. The van der Waals surface area contributed by atoms with Gasteiger partial charge in [-0.2, -0.15) is 0 Å². The highest BCUT2D eigenvalue weighted by atomic mass is 16.3. The number of allylic oxidation sites excluding steroid dienone is 2. The van der Waals surface area contributed by atoms with Crippen LogP contribution >= 0.6 is 0 Å². The number of likely N-dealkylation sites (tertiary alicyclic amines) is 1. The van der Waals surface area contributed by atoms with Crippen LogP contribution < -0.4 is 0 Å². The molecule has 4 saturated carbocycles. The molecule has 208 valence electrons. The van der Waals surface area contributed by atoms with Gasteiger partial charge in [-0.3, -0.25) is 4.79 Å². The fourth-order valence-electron chi connectivity index (χ4n) is 11.9. The predicted octanol–water partition coefficient (Wildman–Crippen LogP) is 7.77. The van der Waals surface area contributed by atoms with Crippen LogP contribution in [0.2, 0.25) is 0 Å². The SMILES string of the molecule is CC1(C)CC[C@]2(C(=O)N3CCCC3)CC[C@]3(C)C(=CC[C@@H]4[C@@]5(C)CC[C@H](O)C(C)(C)[C@@H]5CC[C@]43C)[C@@H]2C1. The highest BCUT2D eigenvalue weighted by Crippen LogP contribution is 2.75. The van der Waals surface area contributed by atoms with Crippen molar-refractivity contribution in [1.82, 2.24) is 4.90 Å². The van der Waals surface area contributed by atoms with Crippen molar-refractivity contribution in [2.24, 2.45) is 50.2 Å². The van der Waals surface area contributed by atoms with Crippen LogP contribution in [-0.4, -0.2) is 35.1 Å².